The van der Waals surface area contributed by atoms with E-state index in [1.54, 1.807) is 0 Å². The second kappa shape index (κ2) is 7.65. The molecule has 4 aliphatic carbocycles. The van der Waals surface area contributed by atoms with E-state index in [2.05, 4.69) is 35.3 Å². The standard InChI is InChI=1S/C24H33N3O3/c1-15-4-2-3-5-17(15)13-27-6-7-30-14-20(27)22(28)26-21-18-8-16-9-19(21)12-24(10-16,11-18)23(25)29/h2-5,16,18-21H,6-14H2,1H3,(H2,25,29)(H,26,28). The summed E-state index contributed by atoms with van der Waals surface area (Å²) in [5, 5.41) is 3.41. The summed E-state index contributed by atoms with van der Waals surface area (Å²) in [6.45, 7) is 4.74. The highest BCUT2D eigenvalue weighted by molar-refractivity contribution is 5.83. The van der Waals surface area contributed by atoms with E-state index < -0.39 is 0 Å². The van der Waals surface area contributed by atoms with Gasteiger partial charge in [0.2, 0.25) is 11.8 Å². The van der Waals surface area contributed by atoms with Crippen LogP contribution in [0, 0.1) is 30.1 Å². The van der Waals surface area contributed by atoms with Gasteiger partial charge in [-0.05, 0) is 67.9 Å². The van der Waals surface area contributed by atoms with E-state index in [4.69, 9.17) is 10.5 Å². The maximum atomic E-state index is 13.4. The number of benzene rings is 1. The Labute approximate surface area is 178 Å². The molecule has 1 saturated heterocycles. The zero-order chi connectivity index (χ0) is 20.9. The van der Waals surface area contributed by atoms with Crippen molar-refractivity contribution in [2.24, 2.45) is 28.9 Å². The van der Waals surface area contributed by atoms with Gasteiger partial charge >= 0.3 is 0 Å². The zero-order valence-electron chi connectivity index (χ0n) is 17.8. The van der Waals surface area contributed by atoms with Crippen LogP contribution in [0.2, 0.25) is 0 Å². The quantitative estimate of drug-likeness (QED) is 0.776. The van der Waals surface area contributed by atoms with Gasteiger partial charge in [0.15, 0.2) is 0 Å². The van der Waals surface area contributed by atoms with Crippen LogP contribution in [0.1, 0.15) is 43.2 Å². The maximum absolute atomic E-state index is 13.4. The van der Waals surface area contributed by atoms with Crippen LogP contribution in [0.25, 0.3) is 0 Å². The van der Waals surface area contributed by atoms with E-state index in [0.717, 1.165) is 45.2 Å². The molecule has 3 atom stereocenters. The second-order valence-electron chi connectivity index (χ2n) is 10.1. The topological polar surface area (TPSA) is 84.7 Å². The van der Waals surface area contributed by atoms with Gasteiger partial charge in [-0.2, -0.15) is 0 Å². The molecular weight excluding hydrogens is 378 g/mol. The third-order valence-corrected chi connectivity index (χ3v) is 8.28. The lowest BCUT2D eigenvalue weighted by Gasteiger charge is -2.59. The highest BCUT2D eigenvalue weighted by Crippen LogP contribution is 2.59. The molecule has 6 nitrogen and oxygen atoms in total. The average Bonchev–Trinajstić information content (AvgIpc) is 2.72. The molecule has 162 valence electrons. The number of nitrogens with zero attached hydrogens (tertiary/aromatic N) is 1. The number of hydrogen-bond donors (Lipinski definition) is 2. The smallest absolute Gasteiger partial charge is 0.239 e. The van der Waals surface area contributed by atoms with Crippen LogP contribution in [0.3, 0.4) is 0 Å². The first-order valence-corrected chi connectivity index (χ1v) is 11.4. The predicted molar refractivity (Wildman–Crippen MR) is 113 cm³/mol. The van der Waals surface area contributed by atoms with Crippen molar-refractivity contribution >= 4 is 11.8 Å². The Kier molecular flexibility index (Phi) is 5.10. The molecular formula is C24H33N3O3. The van der Waals surface area contributed by atoms with Gasteiger partial charge < -0.3 is 15.8 Å². The number of nitrogens with two attached hydrogens (primary N) is 1. The first kappa shape index (κ1) is 20.0. The SMILES string of the molecule is Cc1ccccc1CN1CCOCC1C(=O)NC1C2CC3CC1CC(C(N)=O)(C3)C2. The molecule has 1 aromatic carbocycles. The summed E-state index contributed by atoms with van der Waals surface area (Å²) in [4.78, 5) is 27.8. The first-order chi connectivity index (χ1) is 14.4. The highest BCUT2D eigenvalue weighted by Gasteiger charge is 2.58. The summed E-state index contributed by atoms with van der Waals surface area (Å²) in [7, 11) is 0. The fourth-order valence-corrected chi connectivity index (χ4v) is 6.90. The summed E-state index contributed by atoms with van der Waals surface area (Å²) in [5.74, 6) is 1.30. The maximum Gasteiger partial charge on any atom is 0.239 e. The van der Waals surface area contributed by atoms with Crippen LogP contribution in [0.4, 0.5) is 0 Å². The van der Waals surface area contributed by atoms with E-state index in [-0.39, 0.29) is 29.3 Å². The number of carbonyl (C=O) groups is 2. The normalized spacial score (nSPS) is 37.8. The van der Waals surface area contributed by atoms with Gasteiger partial charge in [-0.25, -0.2) is 0 Å². The lowest BCUT2D eigenvalue weighted by molar-refractivity contribution is -0.149. The number of hydrogen-bond acceptors (Lipinski definition) is 4. The second-order valence-corrected chi connectivity index (χ2v) is 10.1. The Balaban J connectivity index is 1.29. The molecule has 5 fully saturated rings. The van der Waals surface area contributed by atoms with Gasteiger partial charge in [-0.3, -0.25) is 14.5 Å². The van der Waals surface area contributed by atoms with Crippen molar-refractivity contribution in [2.75, 3.05) is 19.8 Å². The minimum atomic E-state index is -0.317. The van der Waals surface area contributed by atoms with Crippen molar-refractivity contribution in [3.63, 3.8) is 0 Å². The molecule has 1 aromatic rings. The number of morpholine rings is 1. The molecule has 5 aliphatic rings. The summed E-state index contributed by atoms with van der Waals surface area (Å²) >= 11 is 0. The largest absolute Gasteiger partial charge is 0.378 e. The molecule has 2 amide bonds. The minimum absolute atomic E-state index is 0.0777. The van der Waals surface area contributed by atoms with Crippen LogP contribution >= 0.6 is 0 Å². The van der Waals surface area contributed by atoms with E-state index in [9.17, 15) is 9.59 Å². The van der Waals surface area contributed by atoms with Crippen LogP contribution in [0.5, 0.6) is 0 Å². The Morgan fingerprint density at radius 2 is 1.93 bits per heavy atom. The molecule has 4 saturated carbocycles. The van der Waals surface area contributed by atoms with Gasteiger partial charge in [0.1, 0.15) is 6.04 Å². The molecule has 3 unspecified atom stereocenters. The average molecular weight is 412 g/mol. The van der Waals surface area contributed by atoms with Gasteiger partial charge in [-0.1, -0.05) is 24.3 Å². The fourth-order valence-electron chi connectivity index (χ4n) is 6.90. The summed E-state index contributed by atoms with van der Waals surface area (Å²) in [6.07, 6.45) is 4.87. The Morgan fingerprint density at radius 3 is 2.63 bits per heavy atom. The molecule has 6 rings (SSSR count). The lowest BCUT2D eigenvalue weighted by Crippen LogP contribution is -2.64. The monoisotopic (exact) mass is 411 g/mol. The number of carbonyl (C=O) groups excluding carboxylic acids is 2. The van der Waals surface area contributed by atoms with Gasteiger partial charge in [-0.15, -0.1) is 0 Å². The number of primary amides is 1. The molecule has 4 bridgehead atoms. The molecule has 0 spiro atoms. The number of rotatable bonds is 5. The molecule has 1 aliphatic heterocycles. The van der Waals surface area contributed by atoms with Crippen molar-refractivity contribution in [3.8, 4) is 0 Å². The third kappa shape index (κ3) is 3.44. The summed E-state index contributed by atoms with van der Waals surface area (Å²) in [6, 6.07) is 8.27. The van der Waals surface area contributed by atoms with Crippen molar-refractivity contribution in [3.05, 3.63) is 35.4 Å². The molecule has 0 aromatic heterocycles. The molecule has 1 heterocycles. The van der Waals surface area contributed by atoms with Crippen LogP contribution < -0.4 is 11.1 Å². The van der Waals surface area contributed by atoms with E-state index in [1.165, 1.54) is 11.1 Å². The first-order valence-electron chi connectivity index (χ1n) is 11.4. The van der Waals surface area contributed by atoms with Crippen LogP contribution in [-0.4, -0.2) is 48.6 Å². The Bertz CT molecular complexity index is 825. The fraction of sp³-hybridized carbons (Fsp3) is 0.667. The number of ether oxygens (including phenoxy) is 1. The van der Waals surface area contributed by atoms with Crippen molar-refractivity contribution in [2.45, 2.75) is 57.7 Å². The summed E-state index contributed by atoms with van der Waals surface area (Å²) < 4.78 is 5.69. The predicted octanol–water partition coefficient (Wildman–Crippen LogP) is 1.99. The van der Waals surface area contributed by atoms with E-state index in [0.29, 0.717) is 31.0 Å². The van der Waals surface area contributed by atoms with Crippen molar-refractivity contribution < 1.29 is 14.3 Å². The van der Waals surface area contributed by atoms with E-state index >= 15 is 0 Å². The third-order valence-electron chi connectivity index (χ3n) is 8.28. The Hall–Kier alpha value is -1.92. The molecule has 0 radical (unpaired) electrons. The zero-order valence-corrected chi connectivity index (χ0v) is 17.8. The molecule has 30 heavy (non-hydrogen) atoms. The van der Waals surface area contributed by atoms with Crippen LogP contribution in [0.15, 0.2) is 24.3 Å². The van der Waals surface area contributed by atoms with Crippen LogP contribution in [-0.2, 0) is 20.9 Å². The van der Waals surface area contributed by atoms with Gasteiger partial charge in [0, 0.05) is 24.5 Å². The van der Waals surface area contributed by atoms with Gasteiger partial charge in [0.05, 0.1) is 13.2 Å². The van der Waals surface area contributed by atoms with E-state index in [1.807, 2.05) is 6.07 Å². The minimum Gasteiger partial charge on any atom is -0.378 e. The highest BCUT2D eigenvalue weighted by atomic mass is 16.5. The molecule has 3 N–H and O–H groups in total. The van der Waals surface area contributed by atoms with Crippen molar-refractivity contribution in [1.82, 2.24) is 10.2 Å². The lowest BCUT2D eigenvalue weighted by atomic mass is 9.47. The van der Waals surface area contributed by atoms with Crippen molar-refractivity contribution in [1.29, 1.82) is 0 Å². The summed E-state index contributed by atoms with van der Waals surface area (Å²) in [5.41, 5.74) is 8.00. The number of nitrogens with one attached hydrogen (secondary N) is 1. The molecule has 6 heteroatoms. The number of amides is 2. The van der Waals surface area contributed by atoms with Gasteiger partial charge in [0.25, 0.3) is 0 Å². The number of aryl methyl sites for hydroxylation is 1. The Morgan fingerprint density at radius 1 is 1.20 bits per heavy atom.